The molecule has 0 radical (unpaired) electrons. The summed E-state index contributed by atoms with van der Waals surface area (Å²) in [7, 11) is 0. The Morgan fingerprint density at radius 2 is 1.47 bits per heavy atom. The normalized spacial score (nSPS) is 13.3. The molecule has 4 rings (SSSR count). The number of halogens is 7. The first-order chi connectivity index (χ1) is 15.9. The second-order valence-electron chi connectivity index (χ2n) is 7.61. The van der Waals surface area contributed by atoms with Gasteiger partial charge in [-0.25, -0.2) is 4.39 Å². The molecule has 3 nitrogen and oxygen atoms in total. The molecular weight excluding hydrogens is 465 g/mol. The van der Waals surface area contributed by atoms with E-state index in [0.717, 1.165) is 18.2 Å². The molecule has 34 heavy (non-hydrogen) atoms. The van der Waals surface area contributed by atoms with Crippen molar-refractivity contribution in [3.8, 4) is 5.75 Å². The highest BCUT2D eigenvalue weighted by Gasteiger charge is 2.33. The van der Waals surface area contributed by atoms with Crippen LogP contribution >= 0.6 is 0 Å². The van der Waals surface area contributed by atoms with Gasteiger partial charge in [0, 0.05) is 41.4 Å². The summed E-state index contributed by atoms with van der Waals surface area (Å²) in [5.74, 6) is -2.54. The number of alkyl halides is 6. The molecule has 0 aliphatic heterocycles. The molecule has 0 aliphatic carbocycles. The summed E-state index contributed by atoms with van der Waals surface area (Å²) in [4.78, 5) is 7.89. The fourth-order valence-electron chi connectivity index (χ4n) is 3.72. The quantitative estimate of drug-likeness (QED) is 0.324. The van der Waals surface area contributed by atoms with Gasteiger partial charge in [-0.15, -0.1) is 0 Å². The van der Waals surface area contributed by atoms with Gasteiger partial charge < -0.3 is 5.11 Å². The monoisotopic (exact) mass is 480 g/mol. The van der Waals surface area contributed by atoms with Crippen LogP contribution in [0.15, 0.2) is 67.0 Å². The number of nitrogens with zero attached hydrogens (tertiary/aromatic N) is 2. The zero-order valence-corrected chi connectivity index (χ0v) is 17.1. The lowest BCUT2D eigenvalue weighted by Crippen LogP contribution is -2.12. The van der Waals surface area contributed by atoms with E-state index in [1.165, 1.54) is 12.3 Å². The molecule has 2 aromatic carbocycles. The SMILES string of the molecule is Oc1c(C(Cc2ccc(C(F)(F)F)cn2)c2ccc(C(F)(F)F)cc2F)ccc2cccnc12. The Labute approximate surface area is 188 Å². The molecule has 1 atom stereocenters. The molecule has 10 heteroatoms. The summed E-state index contributed by atoms with van der Waals surface area (Å²) < 4.78 is 92.6. The highest BCUT2D eigenvalue weighted by molar-refractivity contribution is 5.85. The van der Waals surface area contributed by atoms with E-state index in [1.807, 2.05) is 0 Å². The fraction of sp³-hybridized carbons (Fsp3) is 0.167. The van der Waals surface area contributed by atoms with Crippen molar-refractivity contribution in [3.05, 3.63) is 101 Å². The van der Waals surface area contributed by atoms with Crippen LogP contribution in [0.4, 0.5) is 30.7 Å². The molecule has 0 aliphatic rings. The minimum atomic E-state index is -4.77. The molecule has 0 amide bonds. The van der Waals surface area contributed by atoms with Gasteiger partial charge in [-0.2, -0.15) is 26.3 Å². The van der Waals surface area contributed by atoms with Gasteiger partial charge in [0.15, 0.2) is 0 Å². The number of pyridine rings is 2. The topological polar surface area (TPSA) is 46.0 Å². The van der Waals surface area contributed by atoms with Crippen LogP contribution in [0.1, 0.15) is 33.9 Å². The molecular formula is C24H15F7N2O. The van der Waals surface area contributed by atoms with Crippen molar-refractivity contribution in [2.45, 2.75) is 24.7 Å². The second kappa shape index (κ2) is 8.58. The van der Waals surface area contributed by atoms with E-state index in [0.29, 0.717) is 23.7 Å². The number of fused-ring (bicyclic) bond motifs is 1. The Morgan fingerprint density at radius 1 is 0.794 bits per heavy atom. The fourth-order valence-corrected chi connectivity index (χ4v) is 3.72. The molecule has 2 aromatic heterocycles. The minimum absolute atomic E-state index is 0.123. The van der Waals surface area contributed by atoms with Crippen LogP contribution in [0.5, 0.6) is 5.75 Å². The standard InChI is InChI=1S/C24H15F7N2O/c25-20-10-14(23(26,27)28)5-8-17(20)19(11-16-6-4-15(12-33-16)24(29,30)31)18-7-3-13-2-1-9-32-21(13)22(18)34/h1-10,12,19,34H,11H2. The number of aromatic nitrogens is 2. The summed E-state index contributed by atoms with van der Waals surface area (Å²) >= 11 is 0. The Hall–Kier alpha value is -3.69. The van der Waals surface area contributed by atoms with Crippen molar-refractivity contribution in [3.63, 3.8) is 0 Å². The van der Waals surface area contributed by atoms with E-state index in [9.17, 15) is 35.8 Å². The van der Waals surface area contributed by atoms with E-state index in [1.54, 1.807) is 18.2 Å². The van der Waals surface area contributed by atoms with Crippen molar-refractivity contribution in [2.75, 3.05) is 0 Å². The Bertz CT molecular complexity index is 1330. The maximum absolute atomic E-state index is 14.9. The van der Waals surface area contributed by atoms with Gasteiger partial charge in [0.05, 0.1) is 11.1 Å². The van der Waals surface area contributed by atoms with Crippen LogP contribution in [0.2, 0.25) is 0 Å². The van der Waals surface area contributed by atoms with Crippen LogP contribution in [0, 0.1) is 5.82 Å². The third-order valence-electron chi connectivity index (χ3n) is 5.42. The Kier molecular flexibility index (Phi) is 5.93. The number of benzene rings is 2. The van der Waals surface area contributed by atoms with E-state index in [2.05, 4.69) is 9.97 Å². The average molecular weight is 480 g/mol. The molecule has 1 unspecified atom stereocenters. The zero-order valence-electron chi connectivity index (χ0n) is 17.1. The van der Waals surface area contributed by atoms with Crippen LogP contribution in [0.3, 0.4) is 0 Å². The predicted octanol–water partition coefficient (Wildman–Crippen LogP) is 6.89. The lowest BCUT2D eigenvalue weighted by Gasteiger charge is -2.21. The Balaban J connectivity index is 1.83. The summed E-state index contributed by atoms with van der Waals surface area (Å²) in [6.45, 7) is 0. The van der Waals surface area contributed by atoms with Gasteiger partial charge >= 0.3 is 12.4 Å². The molecule has 176 valence electrons. The number of phenols is 1. The van der Waals surface area contributed by atoms with Gasteiger partial charge in [0.2, 0.25) is 0 Å². The average Bonchev–Trinajstić information content (AvgIpc) is 2.77. The van der Waals surface area contributed by atoms with Crippen molar-refractivity contribution in [2.24, 2.45) is 0 Å². The molecule has 0 spiro atoms. The van der Waals surface area contributed by atoms with Crippen LogP contribution in [0.25, 0.3) is 10.9 Å². The van der Waals surface area contributed by atoms with Gasteiger partial charge in [0.25, 0.3) is 0 Å². The smallest absolute Gasteiger partial charge is 0.417 e. The van der Waals surface area contributed by atoms with Crippen LogP contribution in [-0.4, -0.2) is 15.1 Å². The predicted molar refractivity (Wildman–Crippen MR) is 110 cm³/mol. The van der Waals surface area contributed by atoms with Gasteiger partial charge in [0.1, 0.15) is 17.1 Å². The number of phenolic OH excluding ortho intramolecular Hbond substituents is 1. The largest absolute Gasteiger partial charge is 0.505 e. The lowest BCUT2D eigenvalue weighted by atomic mass is 9.85. The van der Waals surface area contributed by atoms with Gasteiger partial charge in [-0.3, -0.25) is 9.97 Å². The molecule has 0 saturated heterocycles. The lowest BCUT2D eigenvalue weighted by molar-refractivity contribution is -0.138. The first-order valence-corrected chi connectivity index (χ1v) is 9.90. The second-order valence-corrected chi connectivity index (χ2v) is 7.61. The van der Waals surface area contributed by atoms with Crippen LogP contribution in [-0.2, 0) is 18.8 Å². The number of hydrogen-bond acceptors (Lipinski definition) is 3. The van der Waals surface area contributed by atoms with Gasteiger partial charge in [-0.1, -0.05) is 24.3 Å². The van der Waals surface area contributed by atoms with E-state index >= 15 is 0 Å². The third kappa shape index (κ3) is 4.66. The molecule has 0 bridgehead atoms. The van der Waals surface area contributed by atoms with E-state index in [4.69, 9.17) is 0 Å². The highest BCUT2D eigenvalue weighted by Crippen LogP contribution is 2.40. The maximum Gasteiger partial charge on any atom is 0.417 e. The first-order valence-electron chi connectivity index (χ1n) is 9.90. The number of aromatic hydroxyl groups is 1. The zero-order chi connectivity index (χ0) is 24.7. The molecule has 1 N–H and O–H groups in total. The summed E-state index contributed by atoms with van der Waals surface area (Å²) in [5, 5.41) is 11.4. The first kappa shape index (κ1) is 23.5. The van der Waals surface area contributed by atoms with Crippen molar-refractivity contribution in [1.82, 2.24) is 9.97 Å². The van der Waals surface area contributed by atoms with Crippen molar-refractivity contribution < 1.29 is 35.8 Å². The van der Waals surface area contributed by atoms with Crippen molar-refractivity contribution in [1.29, 1.82) is 0 Å². The van der Waals surface area contributed by atoms with E-state index in [-0.39, 0.29) is 34.5 Å². The third-order valence-corrected chi connectivity index (χ3v) is 5.42. The van der Waals surface area contributed by atoms with E-state index < -0.39 is 35.2 Å². The maximum atomic E-state index is 14.9. The van der Waals surface area contributed by atoms with Gasteiger partial charge in [-0.05, 0) is 35.9 Å². The Morgan fingerprint density at radius 3 is 2.09 bits per heavy atom. The molecule has 4 aromatic rings. The highest BCUT2D eigenvalue weighted by atomic mass is 19.4. The summed E-state index contributed by atoms with van der Waals surface area (Å²) in [6, 6.07) is 10.3. The van der Waals surface area contributed by atoms with Crippen LogP contribution < -0.4 is 0 Å². The minimum Gasteiger partial charge on any atom is -0.505 e. The van der Waals surface area contributed by atoms with Crippen molar-refractivity contribution >= 4 is 10.9 Å². The summed E-state index contributed by atoms with van der Waals surface area (Å²) in [5.41, 5.74) is -1.89. The number of hydrogen-bond donors (Lipinski definition) is 1. The molecule has 2 heterocycles. The molecule has 0 fully saturated rings. The number of rotatable bonds is 4. The molecule has 0 saturated carbocycles. The summed E-state index contributed by atoms with van der Waals surface area (Å²) in [6.07, 6.45) is -7.51.